The largest absolute Gasteiger partial charge is 0.377 e. The Morgan fingerprint density at radius 2 is 2.35 bits per heavy atom. The first kappa shape index (κ1) is 18.0. The Balaban J connectivity index is 1.68. The molecule has 0 aromatic heterocycles. The topological polar surface area (TPSA) is 75.2 Å². The molecule has 0 aromatic rings. The molecular weight excluding hydrogens is 296 g/mol. The predicted octanol–water partition coefficient (Wildman–Crippen LogP) is 0.358. The molecule has 0 saturated carbocycles. The molecule has 0 radical (unpaired) electrons. The van der Waals surface area contributed by atoms with Gasteiger partial charge in [0, 0.05) is 39.2 Å². The van der Waals surface area contributed by atoms with Crippen molar-refractivity contribution < 1.29 is 14.3 Å². The number of nitrogens with one attached hydrogen (secondary N) is 2. The second kappa shape index (κ2) is 9.72. The molecule has 23 heavy (non-hydrogen) atoms. The van der Waals surface area contributed by atoms with Gasteiger partial charge in [-0.15, -0.1) is 0 Å². The molecule has 0 aromatic carbocycles. The fourth-order valence-corrected chi connectivity index (χ4v) is 2.86. The standard InChI is InChI=1S/C16H30N4O3/c1-3-17-16(19-13-6-7-15(21)20(2)11-13)18-8-10-22-12-14-5-4-9-23-14/h13-14H,3-12H2,1-2H3,(H2,17,18,19). The van der Waals surface area contributed by atoms with E-state index >= 15 is 0 Å². The Kier molecular flexibility index (Phi) is 7.61. The Morgan fingerprint density at radius 1 is 1.48 bits per heavy atom. The minimum atomic E-state index is 0.215. The van der Waals surface area contributed by atoms with E-state index in [9.17, 15) is 4.79 Å². The number of nitrogens with zero attached hydrogens (tertiary/aromatic N) is 2. The Labute approximate surface area is 138 Å². The van der Waals surface area contributed by atoms with Gasteiger partial charge in [0.15, 0.2) is 5.96 Å². The second-order valence-corrected chi connectivity index (χ2v) is 6.12. The molecule has 0 bridgehead atoms. The third kappa shape index (κ3) is 6.35. The highest BCUT2D eigenvalue weighted by Gasteiger charge is 2.23. The number of carbonyl (C=O) groups is 1. The van der Waals surface area contributed by atoms with Gasteiger partial charge < -0.3 is 25.0 Å². The van der Waals surface area contributed by atoms with Gasteiger partial charge >= 0.3 is 0 Å². The van der Waals surface area contributed by atoms with Crippen LogP contribution in [0.5, 0.6) is 0 Å². The fourth-order valence-electron chi connectivity index (χ4n) is 2.86. The van der Waals surface area contributed by atoms with E-state index in [0.717, 1.165) is 44.9 Å². The van der Waals surface area contributed by atoms with Crippen molar-refractivity contribution in [1.82, 2.24) is 15.5 Å². The van der Waals surface area contributed by atoms with Crippen molar-refractivity contribution in [2.75, 3.05) is 46.5 Å². The summed E-state index contributed by atoms with van der Waals surface area (Å²) in [6, 6.07) is 0.253. The molecule has 2 atom stereocenters. The Hall–Kier alpha value is -1.34. The number of likely N-dealkylation sites (tertiary alicyclic amines) is 1. The molecule has 2 fully saturated rings. The van der Waals surface area contributed by atoms with Crippen LogP contribution in [0.2, 0.25) is 0 Å². The number of amides is 1. The van der Waals surface area contributed by atoms with Crippen LogP contribution in [0.1, 0.15) is 32.6 Å². The maximum atomic E-state index is 11.5. The van der Waals surface area contributed by atoms with Crippen molar-refractivity contribution in [3.05, 3.63) is 0 Å². The first-order valence-corrected chi connectivity index (χ1v) is 8.67. The number of likely N-dealkylation sites (N-methyl/N-ethyl adjacent to an activating group) is 1. The van der Waals surface area contributed by atoms with Crippen LogP contribution in [0.4, 0.5) is 0 Å². The molecule has 7 nitrogen and oxygen atoms in total. The van der Waals surface area contributed by atoms with Crippen LogP contribution in [0.15, 0.2) is 4.99 Å². The zero-order valence-corrected chi connectivity index (χ0v) is 14.3. The number of hydrogen-bond donors (Lipinski definition) is 2. The molecule has 2 aliphatic heterocycles. The molecule has 2 N–H and O–H groups in total. The number of guanidine groups is 1. The van der Waals surface area contributed by atoms with Gasteiger partial charge in [-0.3, -0.25) is 9.79 Å². The molecule has 0 spiro atoms. The van der Waals surface area contributed by atoms with Gasteiger partial charge in [0.25, 0.3) is 0 Å². The molecule has 2 aliphatic rings. The van der Waals surface area contributed by atoms with E-state index in [0.29, 0.717) is 26.2 Å². The summed E-state index contributed by atoms with van der Waals surface area (Å²) in [5.74, 6) is 1.01. The zero-order valence-electron chi connectivity index (χ0n) is 14.3. The normalized spacial score (nSPS) is 25.7. The SMILES string of the molecule is CCNC(=NCCOCC1CCCO1)NC1CCC(=O)N(C)C1. The van der Waals surface area contributed by atoms with Crippen molar-refractivity contribution in [1.29, 1.82) is 0 Å². The van der Waals surface area contributed by atoms with Crippen molar-refractivity contribution in [2.24, 2.45) is 4.99 Å². The predicted molar refractivity (Wildman–Crippen MR) is 89.6 cm³/mol. The average Bonchev–Trinajstić information content (AvgIpc) is 3.04. The third-order valence-corrected chi connectivity index (χ3v) is 4.15. The fraction of sp³-hybridized carbons (Fsp3) is 0.875. The monoisotopic (exact) mass is 326 g/mol. The minimum Gasteiger partial charge on any atom is -0.377 e. The Bertz CT molecular complexity index is 397. The molecule has 0 aliphatic carbocycles. The second-order valence-electron chi connectivity index (χ2n) is 6.12. The molecule has 7 heteroatoms. The first-order valence-electron chi connectivity index (χ1n) is 8.67. The summed E-state index contributed by atoms with van der Waals surface area (Å²) in [4.78, 5) is 17.8. The highest BCUT2D eigenvalue weighted by Crippen LogP contribution is 2.11. The molecule has 132 valence electrons. The van der Waals surface area contributed by atoms with E-state index in [1.165, 1.54) is 0 Å². The van der Waals surface area contributed by atoms with Crippen molar-refractivity contribution >= 4 is 11.9 Å². The maximum absolute atomic E-state index is 11.5. The number of carbonyl (C=O) groups excluding carboxylic acids is 1. The lowest BCUT2D eigenvalue weighted by Crippen LogP contribution is -2.51. The van der Waals surface area contributed by atoms with E-state index in [1.807, 2.05) is 14.0 Å². The third-order valence-electron chi connectivity index (χ3n) is 4.15. The van der Waals surface area contributed by atoms with E-state index in [2.05, 4.69) is 15.6 Å². The van der Waals surface area contributed by atoms with Crippen LogP contribution in [0.25, 0.3) is 0 Å². The number of rotatable bonds is 7. The summed E-state index contributed by atoms with van der Waals surface area (Å²) in [5.41, 5.74) is 0. The van der Waals surface area contributed by atoms with Crippen LogP contribution in [-0.2, 0) is 14.3 Å². The molecule has 1 amide bonds. The van der Waals surface area contributed by atoms with Gasteiger partial charge in [0.1, 0.15) is 0 Å². The molecule has 2 rings (SSSR count). The Morgan fingerprint density at radius 3 is 3.04 bits per heavy atom. The number of aliphatic imine (C=N–C) groups is 1. The first-order chi connectivity index (χ1) is 11.2. The summed E-state index contributed by atoms with van der Waals surface area (Å²) in [6.07, 6.45) is 3.95. The van der Waals surface area contributed by atoms with Gasteiger partial charge in [-0.25, -0.2) is 0 Å². The lowest BCUT2D eigenvalue weighted by molar-refractivity contribution is -0.132. The molecule has 2 unspecified atom stereocenters. The summed E-state index contributed by atoms with van der Waals surface area (Å²) >= 11 is 0. The van der Waals surface area contributed by atoms with Crippen LogP contribution in [0.3, 0.4) is 0 Å². The van der Waals surface area contributed by atoms with Crippen LogP contribution < -0.4 is 10.6 Å². The van der Waals surface area contributed by atoms with Crippen LogP contribution >= 0.6 is 0 Å². The van der Waals surface area contributed by atoms with E-state index < -0.39 is 0 Å². The summed E-state index contributed by atoms with van der Waals surface area (Å²) in [6.45, 7) is 6.31. The van der Waals surface area contributed by atoms with Gasteiger partial charge in [0.2, 0.25) is 5.91 Å². The zero-order chi connectivity index (χ0) is 16.5. The van der Waals surface area contributed by atoms with E-state index in [1.54, 1.807) is 4.90 Å². The van der Waals surface area contributed by atoms with Gasteiger partial charge in [-0.2, -0.15) is 0 Å². The molecule has 2 heterocycles. The smallest absolute Gasteiger partial charge is 0.222 e. The lowest BCUT2D eigenvalue weighted by Gasteiger charge is -2.31. The van der Waals surface area contributed by atoms with Gasteiger partial charge in [-0.05, 0) is 26.2 Å². The summed E-state index contributed by atoms with van der Waals surface area (Å²) < 4.78 is 11.1. The van der Waals surface area contributed by atoms with Crippen LogP contribution in [0, 0.1) is 0 Å². The number of hydrogen-bond acceptors (Lipinski definition) is 4. The molecule has 2 saturated heterocycles. The highest BCUT2D eigenvalue weighted by molar-refractivity contribution is 5.81. The molecular formula is C16H30N4O3. The van der Waals surface area contributed by atoms with Crippen molar-refractivity contribution in [3.8, 4) is 0 Å². The van der Waals surface area contributed by atoms with Gasteiger partial charge in [0.05, 0.1) is 25.9 Å². The number of piperidine rings is 1. The van der Waals surface area contributed by atoms with Crippen molar-refractivity contribution in [2.45, 2.75) is 44.8 Å². The van der Waals surface area contributed by atoms with Gasteiger partial charge in [-0.1, -0.05) is 0 Å². The quantitative estimate of drug-likeness (QED) is 0.401. The average molecular weight is 326 g/mol. The summed E-state index contributed by atoms with van der Waals surface area (Å²) in [5, 5.41) is 6.65. The van der Waals surface area contributed by atoms with Crippen molar-refractivity contribution in [3.63, 3.8) is 0 Å². The van der Waals surface area contributed by atoms with E-state index in [4.69, 9.17) is 9.47 Å². The number of ether oxygens (including phenoxy) is 2. The minimum absolute atomic E-state index is 0.215. The lowest BCUT2D eigenvalue weighted by atomic mass is 10.1. The highest BCUT2D eigenvalue weighted by atomic mass is 16.5. The van der Waals surface area contributed by atoms with Crippen LogP contribution in [-0.4, -0.2) is 75.4 Å². The maximum Gasteiger partial charge on any atom is 0.222 e. The van der Waals surface area contributed by atoms with E-state index in [-0.39, 0.29) is 18.1 Å². The summed E-state index contributed by atoms with van der Waals surface area (Å²) in [7, 11) is 1.85.